The first kappa shape index (κ1) is 19.9. The molecule has 0 fully saturated rings. The lowest BCUT2D eigenvalue weighted by molar-refractivity contribution is -0.142. The zero-order valence-corrected chi connectivity index (χ0v) is 16.5. The summed E-state index contributed by atoms with van der Waals surface area (Å²) in [5.74, 6) is -0.797. The molecule has 0 amide bonds. The predicted octanol–water partition coefficient (Wildman–Crippen LogP) is 3.41. The Morgan fingerprint density at radius 3 is 2.75 bits per heavy atom. The Balaban J connectivity index is 1.71. The fourth-order valence-electron chi connectivity index (χ4n) is 3.91. The quantitative estimate of drug-likeness (QED) is 0.512. The summed E-state index contributed by atoms with van der Waals surface area (Å²) in [6, 6.07) is 4.96. The third-order valence-electron chi connectivity index (χ3n) is 5.44. The van der Waals surface area contributed by atoms with E-state index in [-0.39, 0.29) is 22.3 Å². The first-order valence-electron chi connectivity index (χ1n) is 9.55. The van der Waals surface area contributed by atoms with Gasteiger partial charge in [-0.1, -0.05) is 0 Å². The van der Waals surface area contributed by atoms with E-state index in [1.54, 1.807) is 13.0 Å². The van der Waals surface area contributed by atoms with Gasteiger partial charge in [0.05, 0.1) is 22.2 Å². The van der Waals surface area contributed by atoms with Crippen LogP contribution in [0.2, 0.25) is 0 Å². The van der Waals surface area contributed by atoms with Crippen molar-refractivity contribution in [1.29, 1.82) is 0 Å². The molecular formula is C21H14F3N5O3. The molecule has 0 aliphatic carbocycles. The van der Waals surface area contributed by atoms with Gasteiger partial charge in [-0.3, -0.25) is 9.36 Å². The van der Waals surface area contributed by atoms with Gasteiger partial charge in [0.2, 0.25) is 0 Å². The van der Waals surface area contributed by atoms with Gasteiger partial charge >= 0.3 is 12.1 Å². The second kappa shape index (κ2) is 6.74. The number of allylic oxidation sites excluding steroid dienone is 1. The molecule has 8 nitrogen and oxygen atoms in total. The van der Waals surface area contributed by atoms with Crippen LogP contribution in [0.15, 0.2) is 35.3 Å². The van der Waals surface area contributed by atoms with Crippen LogP contribution in [0.1, 0.15) is 39.6 Å². The second-order valence-electron chi connectivity index (χ2n) is 7.41. The minimum atomic E-state index is -4.60. The maximum Gasteiger partial charge on any atom is 0.433 e. The van der Waals surface area contributed by atoms with Crippen molar-refractivity contribution in [2.45, 2.75) is 26.1 Å². The fraction of sp³-hybridized carbons (Fsp3) is 0.190. The topological polar surface area (TPSA) is 102 Å². The molecule has 0 saturated heterocycles. The average Bonchev–Trinajstić information content (AvgIpc) is 3.28. The highest BCUT2D eigenvalue weighted by Crippen LogP contribution is 2.33. The summed E-state index contributed by atoms with van der Waals surface area (Å²) < 4.78 is 42.3. The van der Waals surface area contributed by atoms with E-state index in [2.05, 4.69) is 15.1 Å². The second-order valence-corrected chi connectivity index (χ2v) is 7.41. The molecule has 0 saturated carbocycles. The van der Waals surface area contributed by atoms with Gasteiger partial charge in [-0.15, -0.1) is 0 Å². The summed E-state index contributed by atoms with van der Waals surface area (Å²) >= 11 is 0. The van der Waals surface area contributed by atoms with Crippen LogP contribution >= 0.6 is 0 Å². The number of aryl methyl sites for hydroxylation is 1. The number of carboxylic acid groups (broad SMARTS) is 1. The van der Waals surface area contributed by atoms with E-state index in [1.807, 2.05) is 0 Å². The zero-order chi connectivity index (χ0) is 22.8. The summed E-state index contributed by atoms with van der Waals surface area (Å²) in [5.41, 5.74) is 0.400. The molecule has 5 rings (SSSR count). The average molecular weight is 441 g/mol. The summed E-state index contributed by atoms with van der Waals surface area (Å²) in [4.78, 5) is 32.7. The standard InChI is InChI=1S/C21H14F3N5O3/c1-10-14(18-25-6-4-16(21(22,23)24)29(18)27-10)8-11-5-7-28-17(11)26-15-9-12(20(31)32)2-3-13(15)19(28)30/h2-4,6,8-9H,5,7H2,1H3,(H,31,32)/b11-8+. The van der Waals surface area contributed by atoms with Gasteiger partial charge in [0.1, 0.15) is 11.5 Å². The number of aromatic nitrogens is 5. The molecule has 4 aromatic rings. The first-order valence-corrected chi connectivity index (χ1v) is 9.55. The van der Waals surface area contributed by atoms with Crippen molar-refractivity contribution in [2.24, 2.45) is 0 Å². The molecule has 0 radical (unpaired) electrons. The molecule has 0 spiro atoms. The molecule has 0 unspecified atom stereocenters. The van der Waals surface area contributed by atoms with Gasteiger partial charge < -0.3 is 5.11 Å². The number of aromatic carboxylic acids is 1. The number of alkyl halides is 3. The van der Waals surface area contributed by atoms with Crippen molar-refractivity contribution in [3.8, 4) is 0 Å². The highest BCUT2D eigenvalue weighted by Gasteiger charge is 2.35. The molecule has 11 heteroatoms. The van der Waals surface area contributed by atoms with Crippen LogP contribution < -0.4 is 5.56 Å². The number of nitrogens with zero attached hydrogens (tertiary/aromatic N) is 5. The van der Waals surface area contributed by atoms with Crippen molar-refractivity contribution >= 4 is 34.2 Å². The third-order valence-corrected chi connectivity index (χ3v) is 5.44. The molecular weight excluding hydrogens is 427 g/mol. The molecule has 0 bridgehead atoms. The van der Waals surface area contributed by atoms with Crippen molar-refractivity contribution in [1.82, 2.24) is 24.1 Å². The maximum atomic E-state index is 13.3. The molecule has 1 aliphatic rings. The third kappa shape index (κ3) is 2.96. The van der Waals surface area contributed by atoms with E-state index in [9.17, 15) is 27.9 Å². The number of benzene rings is 1. The molecule has 32 heavy (non-hydrogen) atoms. The van der Waals surface area contributed by atoms with Crippen LogP contribution in [0.4, 0.5) is 13.2 Å². The van der Waals surface area contributed by atoms with Gasteiger partial charge in [0, 0.05) is 18.3 Å². The minimum Gasteiger partial charge on any atom is -0.478 e. The van der Waals surface area contributed by atoms with Crippen LogP contribution in [-0.4, -0.2) is 35.2 Å². The lowest BCUT2D eigenvalue weighted by Crippen LogP contribution is -2.21. The lowest BCUT2D eigenvalue weighted by atomic mass is 10.1. The number of fused-ring (bicyclic) bond motifs is 3. The minimum absolute atomic E-state index is 0.000213. The fourth-order valence-corrected chi connectivity index (χ4v) is 3.91. The molecule has 0 atom stereocenters. The van der Waals surface area contributed by atoms with Crippen LogP contribution in [0.25, 0.3) is 28.2 Å². The zero-order valence-electron chi connectivity index (χ0n) is 16.5. The number of hydrogen-bond acceptors (Lipinski definition) is 5. The highest BCUT2D eigenvalue weighted by atomic mass is 19.4. The normalized spacial score (nSPS) is 15.1. The number of carboxylic acids is 1. The number of hydrogen-bond donors (Lipinski definition) is 1. The smallest absolute Gasteiger partial charge is 0.433 e. The number of carbonyl (C=O) groups is 1. The summed E-state index contributed by atoms with van der Waals surface area (Å²) in [6.07, 6.45) is -1.45. The molecule has 1 aliphatic heterocycles. The van der Waals surface area contributed by atoms with E-state index in [0.717, 1.165) is 16.8 Å². The molecule has 3 aromatic heterocycles. The molecule has 1 N–H and O–H groups in total. The van der Waals surface area contributed by atoms with E-state index >= 15 is 0 Å². The van der Waals surface area contributed by atoms with Gasteiger partial charge in [-0.2, -0.15) is 18.3 Å². The Hall–Kier alpha value is -4.02. The number of rotatable bonds is 2. The Morgan fingerprint density at radius 2 is 2.03 bits per heavy atom. The van der Waals surface area contributed by atoms with Crippen molar-refractivity contribution in [3.05, 3.63) is 69.2 Å². The van der Waals surface area contributed by atoms with Gasteiger partial charge in [0.15, 0.2) is 5.65 Å². The van der Waals surface area contributed by atoms with Crippen LogP contribution in [-0.2, 0) is 12.7 Å². The van der Waals surface area contributed by atoms with Crippen molar-refractivity contribution < 1.29 is 23.1 Å². The van der Waals surface area contributed by atoms with Crippen molar-refractivity contribution in [2.75, 3.05) is 0 Å². The van der Waals surface area contributed by atoms with E-state index < -0.39 is 17.8 Å². The Morgan fingerprint density at radius 1 is 1.25 bits per heavy atom. The first-order chi connectivity index (χ1) is 15.1. The molecule has 1 aromatic carbocycles. The monoisotopic (exact) mass is 441 g/mol. The van der Waals surface area contributed by atoms with Gasteiger partial charge in [-0.25, -0.2) is 19.3 Å². The summed E-state index contributed by atoms with van der Waals surface area (Å²) in [7, 11) is 0. The van der Waals surface area contributed by atoms with Crippen LogP contribution in [0, 0.1) is 6.92 Å². The highest BCUT2D eigenvalue weighted by molar-refractivity contribution is 5.94. The van der Waals surface area contributed by atoms with Crippen LogP contribution in [0.5, 0.6) is 0 Å². The van der Waals surface area contributed by atoms with Gasteiger partial charge in [-0.05, 0) is 49.3 Å². The van der Waals surface area contributed by atoms with E-state index in [0.29, 0.717) is 41.0 Å². The Labute approximate surface area is 177 Å². The Bertz CT molecular complexity index is 1530. The lowest BCUT2D eigenvalue weighted by Gasteiger charge is -2.08. The maximum absolute atomic E-state index is 13.3. The van der Waals surface area contributed by atoms with E-state index in [4.69, 9.17) is 0 Å². The van der Waals surface area contributed by atoms with Gasteiger partial charge in [0.25, 0.3) is 5.56 Å². The predicted molar refractivity (Wildman–Crippen MR) is 108 cm³/mol. The largest absolute Gasteiger partial charge is 0.478 e. The van der Waals surface area contributed by atoms with E-state index in [1.165, 1.54) is 22.8 Å². The summed E-state index contributed by atoms with van der Waals surface area (Å²) in [6.45, 7) is 1.93. The van der Waals surface area contributed by atoms with Crippen molar-refractivity contribution in [3.63, 3.8) is 0 Å². The van der Waals surface area contributed by atoms with Crippen LogP contribution in [0.3, 0.4) is 0 Å². The molecule has 4 heterocycles. The number of halogens is 3. The molecule has 162 valence electrons. The SMILES string of the molecule is Cc1nn2c(C(F)(F)F)ccnc2c1/C=C1\CCn2c1nc1cc(C(=O)O)ccc1c2=O. The Kier molecular flexibility index (Phi) is 4.19. The summed E-state index contributed by atoms with van der Waals surface area (Å²) in [5, 5.41) is 13.5.